The Bertz CT molecular complexity index is 2530. The molecule has 2 aliphatic heterocycles. The Morgan fingerprint density at radius 2 is 1.75 bits per heavy atom. The molecule has 0 radical (unpaired) electrons. The van der Waals surface area contributed by atoms with Gasteiger partial charge < -0.3 is 15.0 Å². The minimum absolute atomic E-state index is 0.0718. The summed E-state index contributed by atoms with van der Waals surface area (Å²) in [5.41, 5.74) is 5.90. The van der Waals surface area contributed by atoms with Gasteiger partial charge in [-0.1, -0.05) is 49.2 Å². The molecule has 4 aliphatic rings. The number of hydrogen-bond donors (Lipinski definition) is 1. The number of piperazine rings is 1. The lowest BCUT2D eigenvalue weighted by Gasteiger charge is -2.39. The normalized spacial score (nSPS) is 20.3. The van der Waals surface area contributed by atoms with E-state index in [-0.39, 0.29) is 27.7 Å². The van der Waals surface area contributed by atoms with Crippen LogP contribution >= 0.6 is 11.6 Å². The summed E-state index contributed by atoms with van der Waals surface area (Å²) < 4.78 is 35.1. The molecule has 1 atom stereocenters. The van der Waals surface area contributed by atoms with E-state index in [1.807, 2.05) is 30.3 Å². The number of rotatable bonds is 12. The van der Waals surface area contributed by atoms with Gasteiger partial charge in [-0.05, 0) is 104 Å². The zero-order valence-corrected chi connectivity index (χ0v) is 35.1. The number of nitro groups is 1. The average Bonchev–Trinajstić information content (AvgIpc) is 3.81. The van der Waals surface area contributed by atoms with Crippen LogP contribution in [-0.2, 0) is 10.0 Å². The third-order valence-electron chi connectivity index (χ3n) is 12.4. The summed E-state index contributed by atoms with van der Waals surface area (Å²) >= 11 is 6.23. The summed E-state index contributed by atoms with van der Waals surface area (Å²) in [6, 6.07) is 24.5. The van der Waals surface area contributed by atoms with Crippen LogP contribution in [-0.4, -0.2) is 90.0 Å². The fourth-order valence-electron chi connectivity index (χ4n) is 8.96. The molecule has 9 rings (SSSR count). The van der Waals surface area contributed by atoms with Crippen molar-refractivity contribution in [2.45, 2.75) is 69.4 Å². The van der Waals surface area contributed by atoms with Crippen molar-refractivity contribution < 1.29 is 18.1 Å². The number of nitrogens with zero attached hydrogens (tertiary/aromatic N) is 6. The summed E-state index contributed by atoms with van der Waals surface area (Å²) in [7, 11) is -4.20. The molecule has 2 saturated heterocycles. The Kier molecular flexibility index (Phi) is 10.7. The van der Waals surface area contributed by atoms with Crippen LogP contribution in [0.5, 0.6) is 11.5 Å². The predicted octanol–water partition coefficient (Wildman–Crippen LogP) is 9.06. The van der Waals surface area contributed by atoms with E-state index < -0.39 is 14.9 Å². The van der Waals surface area contributed by atoms with Crippen LogP contribution in [0.3, 0.4) is 0 Å². The number of nitro benzene ring substituents is 1. The zero-order valence-electron chi connectivity index (χ0n) is 33.5. The number of halogens is 1. The predicted molar refractivity (Wildman–Crippen MR) is 233 cm³/mol. The lowest BCUT2D eigenvalue weighted by Crippen LogP contribution is -2.47. The smallest absolute Gasteiger partial charge is 0.293 e. The molecule has 0 bridgehead atoms. The summed E-state index contributed by atoms with van der Waals surface area (Å²) in [5.74, 6) is 1.12. The first-order valence-corrected chi connectivity index (χ1v) is 22.4. The van der Waals surface area contributed by atoms with Crippen molar-refractivity contribution in [2.24, 2.45) is 5.41 Å². The lowest BCUT2D eigenvalue weighted by molar-refractivity contribution is -0.384. The van der Waals surface area contributed by atoms with Crippen LogP contribution in [0.4, 0.5) is 17.1 Å². The number of anilines is 2. The average molecular weight is 836 g/mol. The maximum Gasteiger partial charge on any atom is 0.293 e. The highest BCUT2D eigenvalue weighted by molar-refractivity contribution is 7.90. The zero-order chi connectivity index (χ0) is 40.9. The van der Waals surface area contributed by atoms with Gasteiger partial charge in [0.2, 0.25) is 0 Å². The number of pyridine rings is 1. The number of ether oxygens (including phenoxy) is 1. The Morgan fingerprint density at radius 1 is 0.949 bits per heavy atom. The van der Waals surface area contributed by atoms with E-state index in [2.05, 4.69) is 57.0 Å². The van der Waals surface area contributed by atoms with Crippen molar-refractivity contribution >= 4 is 55.3 Å². The molecule has 2 aromatic heterocycles. The third kappa shape index (κ3) is 8.57. The molecule has 0 unspecified atom stereocenters. The van der Waals surface area contributed by atoms with Gasteiger partial charge in [0.25, 0.3) is 15.7 Å². The van der Waals surface area contributed by atoms with Gasteiger partial charge >= 0.3 is 0 Å². The molecule has 3 fully saturated rings. The SMILES string of the molecule is CC1(C)CCC(CN2CCN(c3cccc(Oc4cnc5c(ccn5S(=O)(=O)c5ccc(N[C@@H]6CCN(C7CC7)C6)c([N+](=O)[O-])c5)c4)c3)CC2)=C(c2ccc(Cl)cc2)C1. The van der Waals surface area contributed by atoms with Crippen molar-refractivity contribution in [1.82, 2.24) is 18.8 Å². The van der Waals surface area contributed by atoms with Crippen molar-refractivity contribution in [2.75, 3.05) is 56.0 Å². The number of allylic oxidation sites excluding steroid dienone is 1. The molecule has 1 saturated carbocycles. The topological polar surface area (TPSA) is 126 Å². The van der Waals surface area contributed by atoms with Crippen LogP contribution in [0.2, 0.25) is 5.02 Å². The standard InChI is InChI=1S/C45H50ClN7O5S/c1-45(2)17-14-33(41(27-45)31-6-8-34(46)9-7-31)29-49-20-22-50(23-21-49)37-4-3-5-38(25-37)58-39-24-32-15-19-52(44(32)47-28-39)59(56,57)40-12-13-42(43(26-40)53(54)55)48-35-16-18-51(30-35)36-10-11-36/h3-9,12-13,15,19,24-26,28,35-36,48H,10-11,14,16-18,20-23,27,29-30H2,1-2H3/t35-/m1/s1. The van der Waals surface area contributed by atoms with Gasteiger partial charge in [0.05, 0.1) is 16.0 Å². The van der Waals surface area contributed by atoms with Gasteiger partial charge in [-0.2, -0.15) is 0 Å². The summed E-state index contributed by atoms with van der Waals surface area (Å²) in [5, 5.41) is 16.7. The summed E-state index contributed by atoms with van der Waals surface area (Å²) in [6.07, 6.45) is 9.59. The van der Waals surface area contributed by atoms with E-state index in [4.69, 9.17) is 16.3 Å². The van der Waals surface area contributed by atoms with Gasteiger partial charge in [0.1, 0.15) is 17.2 Å². The van der Waals surface area contributed by atoms with Crippen LogP contribution in [0.1, 0.15) is 57.9 Å². The number of hydrogen-bond acceptors (Lipinski definition) is 10. The molecule has 308 valence electrons. The third-order valence-corrected chi connectivity index (χ3v) is 14.3. The number of likely N-dealkylation sites (tertiary alicyclic amines) is 1. The maximum absolute atomic E-state index is 13.9. The minimum atomic E-state index is -4.20. The Hall–Kier alpha value is -4.95. The molecule has 1 N–H and O–H groups in total. The van der Waals surface area contributed by atoms with Gasteiger partial charge in [-0.3, -0.25) is 19.9 Å². The maximum atomic E-state index is 13.9. The van der Waals surface area contributed by atoms with E-state index in [1.54, 1.807) is 17.7 Å². The molecule has 4 heterocycles. The Balaban J connectivity index is 0.852. The van der Waals surface area contributed by atoms with E-state index in [0.717, 1.165) is 85.8 Å². The Labute approximate surface area is 350 Å². The van der Waals surface area contributed by atoms with Crippen LogP contribution in [0, 0.1) is 15.5 Å². The first-order valence-electron chi connectivity index (χ1n) is 20.6. The van der Waals surface area contributed by atoms with E-state index in [9.17, 15) is 18.5 Å². The summed E-state index contributed by atoms with van der Waals surface area (Å²) in [6.45, 7) is 11.2. The van der Waals surface area contributed by atoms with Crippen molar-refractivity contribution in [3.8, 4) is 11.5 Å². The summed E-state index contributed by atoms with van der Waals surface area (Å²) in [4.78, 5) is 23.3. The fraction of sp³-hybridized carbons (Fsp3) is 0.400. The van der Waals surface area contributed by atoms with Gasteiger partial charge in [-0.15, -0.1) is 0 Å². The molecular formula is C45H50ClN7O5S. The largest absolute Gasteiger partial charge is 0.456 e. The molecule has 59 heavy (non-hydrogen) atoms. The van der Waals surface area contributed by atoms with E-state index >= 15 is 0 Å². The highest BCUT2D eigenvalue weighted by atomic mass is 35.5. The molecule has 14 heteroatoms. The minimum Gasteiger partial charge on any atom is -0.456 e. The number of aromatic nitrogens is 2. The van der Waals surface area contributed by atoms with E-state index in [0.29, 0.717) is 28.6 Å². The molecule has 12 nitrogen and oxygen atoms in total. The fourth-order valence-corrected chi connectivity index (χ4v) is 10.4. The number of nitrogens with one attached hydrogen (secondary N) is 1. The highest BCUT2D eigenvalue weighted by Crippen LogP contribution is 2.43. The Morgan fingerprint density at radius 3 is 2.51 bits per heavy atom. The second-order valence-electron chi connectivity index (χ2n) is 17.3. The quantitative estimate of drug-likeness (QED) is 0.0961. The second-order valence-corrected chi connectivity index (χ2v) is 19.5. The molecular weight excluding hydrogens is 786 g/mol. The molecule has 5 aromatic rings. The molecule has 0 amide bonds. The van der Waals surface area contributed by atoms with Crippen molar-refractivity contribution in [1.29, 1.82) is 0 Å². The molecule has 2 aliphatic carbocycles. The van der Waals surface area contributed by atoms with Crippen LogP contribution in [0.15, 0.2) is 102 Å². The number of fused-ring (bicyclic) bond motifs is 1. The van der Waals surface area contributed by atoms with Gasteiger partial charge in [0, 0.05) is 92.3 Å². The first-order chi connectivity index (χ1) is 28.4. The van der Waals surface area contributed by atoms with Crippen molar-refractivity contribution in [3.05, 3.63) is 118 Å². The second kappa shape index (κ2) is 15.9. The van der Waals surface area contributed by atoms with Gasteiger partial charge in [-0.25, -0.2) is 17.4 Å². The monoisotopic (exact) mass is 835 g/mol. The van der Waals surface area contributed by atoms with Gasteiger partial charge in [0.15, 0.2) is 5.65 Å². The number of benzene rings is 3. The molecule has 3 aromatic carbocycles. The van der Waals surface area contributed by atoms with Crippen LogP contribution in [0.25, 0.3) is 16.6 Å². The van der Waals surface area contributed by atoms with E-state index in [1.165, 1.54) is 54.9 Å². The van der Waals surface area contributed by atoms with Crippen LogP contribution < -0.4 is 15.0 Å². The van der Waals surface area contributed by atoms with Crippen molar-refractivity contribution in [3.63, 3.8) is 0 Å². The lowest BCUT2D eigenvalue weighted by atomic mass is 9.72. The first kappa shape index (κ1) is 39.5. The molecule has 0 spiro atoms. The highest BCUT2D eigenvalue weighted by Gasteiger charge is 2.35.